The Balaban J connectivity index is 0.00000116. The van der Waals surface area contributed by atoms with Gasteiger partial charge in [0.1, 0.15) is 5.82 Å². The summed E-state index contributed by atoms with van der Waals surface area (Å²) >= 11 is 0. The first-order valence-corrected chi connectivity index (χ1v) is 15.7. The summed E-state index contributed by atoms with van der Waals surface area (Å²) in [5.74, 6) is 1.06. The fourth-order valence-corrected chi connectivity index (χ4v) is 4.99. The molecule has 4 aromatic rings. The Morgan fingerprint density at radius 1 is 0.952 bits per heavy atom. The monoisotopic (exact) mass is 576 g/mol. The van der Waals surface area contributed by atoms with Crippen LogP contribution in [0, 0.1) is 5.82 Å². The summed E-state index contributed by atoms with van der Waals surface area (Å²) in [5, 5.41) is 10.7. The normalized spacial score (nSPS) is 16.3. The highest BCUT2D eigenvalue weighted by atomic mass is 19.1. The van der Waals surface area contributed by atoms with Gasteiger partial charge in [0.25, 0.3) is 0 Å². The zero-order chi connectivity index (χ0) is 30.5. The molecule has 228 valence electrons. The Labute approximate surface area is 251 Å². The van der Waals surface area contributed by atoms with Crippen LogP contribution < -0.4 is 16.0 Å². The molecule has 8 nitrogen and oxygen atoms in total. The molecule has 1 aliphatic carbocycles. The van der Waals surface area contributed by atoms with E-state index in [1.54, 1.807) is 6.07 Å². The van der Waals surface area contributed by atoms with E-state index in [2.05, 4.69) is 51.3 Å². The lowest BCUT2D eigenvalue weighted by molar-refractivity contribution is 0.354. The number of anilines is 2. The fraction of sp³-hybridized carbons (Fsp3) is 0.515. The molecule has 0 atom stereocenters. The molecule has 0 spiro atoms. The minimum Gasteiger partial charge on any atom is -0.364 e. The first-order chi connectivity index (χ1) is 20.5. The van der Waals surface area contributed by atoms with E-state index in [-0.39, 0.29) is 11.9 Å². The van der Waals surface area contributed by atoms with Gasteiger partial charge >= 0.3 is 0 Å². The molecule has 1 fully saturated rings. The third kappa shape index (κ3) is 8.71. The van der Waals surface area contributed by atoms with Crippen LogP contribution in [0.2, 0.25) is 0 Å². The van der Waals surface area contributed by atoms with Crippen molar-refractivity contribution in [1.29, 1.82) is 0 Å². The van der Waals surface area contributed by atoms with Crippen LogP contribution in [-0.2, 0) is 6.54 Å². The summed E-state index contributed by atoms with van der Waals surface area (Å²) in [6.07, 6.45) is 9.32. The third-order valence-corrected chi connectivity index (χ3v) is 7.13. The molecule has 5 rings (SSSR count). The van der Waals surface area contributed by atoms with Crippen LogP contribution in [0.25, 0.3) is 22.4 Å². The van der Waals surface area contributed by atoms with E-state index < -0.39 is 0 Å². The van der Waals surface area contributed by atoms with Gasteiger partial charge in [0.2, 0.25) is 5.95 Å². The molecule has 1 aliphatic rings. The van der Waals surface area contributed by atoms with Gasteiger partial charge in [-0.25, -0.2) is 9.37 Å². The third-order valence-electron chi connectivity index (χ3n) is 7.13. The molecule has 0 aliphatic heterocycles. The Hall–Kier alpha value is -3.59. The second-order valence-electron chi connectivity index (χ2n) is 10.4. The summed E-state index contributed by atoms with van der Waals surface area (Å²) in [6.45, 7) is 16.1. The summed E-state index contributed by atoms with van der Waals surface area (Å²) in [5.41, 5.74) is 4.05. The van der Waals surface area contributed by atoms with E-state index in [4.69, 9.17) is 9.97 Å². The summed E-state index contributed by atoms with van der Waals surface area (Å²) in [7, 11) is 0. The maximum absolute atomic E-state index is 13.6. The number of hydrogen-bond donors (Lipinski definition) is 3. The highest BCUT2D eigenvalue weighted by Gasteiger charge is 2.22. The Bertz CT molecular complexity index is 1340. The topological polar surface area (TPSA) is 92.6 Å². The fourth-order valence-electron chi connectivity index (χ4n) is 4.99. The lowest BCUT2D eigenvalue weighted by atomic mass is 9.91. The first kappa shape index (κ1) is 32.9. The molecular weight excluding hydrogens is 527 g/mol. The van der Waals surface area contributed by atoms with E-state index in [9.17, 15) is 4.39 Å². The molecule has 0 unspecified atom stereocenters. The summed E-state index contributed by atoms with van der Waals surface area (Å²) < 4.78 is 15.7. The highest BCUT2D eigenvalue weighted by molar-refractivity contribution is 5.84. The van der Waals surface area contributed by atoms with Crippen molar-refractivity contribution >= 4 is 22.9 Å². The minimum atomic E-state index is -0.269. The van der Waals surface area contributed by atoms with Crippen LogP contribution in [0.5, 0.6) is 0 Å². The first-order valence-electron chi connectivity index (χ1n) is 15.7. The molecular formula is C33H49FN8. The van der Waals surface area contributed by atoms with Crippen molar-refractivity contribution in [3.05, 3.63) is 60.3 Å². The number of nitrogens with one attached hydrogen (secondary N) is 3. The van der Waals surface area contributed by atoms with Crippen LogP contribution in [-0.4, -0.2) is 43.1 Å². The van der Waals surface area contributed by atoms with E-state index in [1.807, 2.05) is 58.4 Å². The molecule has 3 aromatic heterocycles. The van der Waals surface area contributed by atoms with Crippen molar-refractivity contribution in [2.75, 3.05) is 17.2 Å². The van der Waals surface area contributed by atoms with Crippen LogP contribution >= 0.6 is 0 Å². The average Bonchev–Trinajstić information content (AvgIpc) is 3.46. The summed E-state index contributed by atoms with van der Waals surface area (Å²) in [4.78, 5) is 18.9. The van der Waals surface area contributed by atoms with Crippen molar-refractivity contribution in [2.45, 2.75) is 105 Å². The standard InChI is InChI=1S/C29H37FN8.2C2H6/c1-4-14-31-23-9-11-24(12-10-23)35-29-36-27(26-28(37-29)38(18-34-26)19(2)3)33-17-20-8-13-25(32-16-20)21-6-5-7-22(30)15-21;2*1-2/h5-8,13,15-16,18-19,23-24,31H,4,9-12,14,17H2,1-3H3,(H2,33,35,36,37);2*1-2H3. The van der Waals surface area contributed by atoms with Crippen molar-refractivity contribution < 1.29 is 4.39 Å². The predicted molar refractivity (Wildman–Crippen MR) is 173 cm³/mol. The van der Waals surface area contributed by atoms with Crippen LogP contribution in [0.4, 0.5) is 16.2 Å². The molecule has 0 amide bonds. The number of pyridine rings is 1. The minimum absolute atomic E-state index is 0.232. The second-order valence-corrected chi connectivity index (χ2v) is 10.4. The number of fused-ring (bicyclic) bond motifs is 1. The van der Waals surface area contributed by atoms with E-state index in [0.29, 0.717) is 30.4 Å². The van der Waals surface area contributed by atoms with Gasteiger partial charge in [0.15, 0.2) is 17.0 Å². The molecule has 1 aromatic carbocycles. The van der Waals surface area contributed by atoms with Gasteiger partial charge in [0, 0.05) is 36.4 Å². The molecule has 0 saturated heterocycles. The van der Waals surface area contributed by atoms with Gasteiger partial charge < -0.3 is 20.5 Å². The number of aromatic nitrogens is 5. The van der Waals surface area contributed by atoms with E-state index in [0.717, 1.165) is 60.2 Å². The van der Waals surface area contributed by atoms with Crippen molar-refractivity contribution in [3.63, 3.8) is 0 Å². The maximum Gasteiger partial charge on any atom is 0.227 e. The quantitative estimate of drug-likeness (QED) is 0.176. The van der Waals surface area contributed by atoms with Gasteiger partial charge in [-0.05, 0) is 76.3 Å². The predicted octanol–water partition coefficient (Wildman–Crippen LogP) is 8.00. The van der Waals surface area contributed by atoms with Crippen LogP contribution in [0.1, 0.15) is 92.2 Å². The van der Waals surface area contributed by atoms with Gasteiger partial charge in [-0.2, -0.15) is 9.97 Å². The Kier molecular flexibility index (Phi) is 13.1. The second kappa shape index (κ2) is 16.8. The molecule has 9 heteroatoms. The molecule has 3 N–H and O–H groups in total. The summed E-state index contributed by atoms with van der Waals surface area (Å²) in [6, 6.07) is 11.6. The number of benzene rings is 1. The van der Waals surface area contributed by atoms with Crippen molar-refractivity contribution in [1.82, 2.24) is 29.8 Å². The lowest BCUT2D eigenvalue weighted by Gasteiger charge is -2.29. The maximum atomic E-state index is 13.6. The average molecular weight is 577 g/mol. The van der Waals surface area contributed by atoms with Crippen LogP contribution in [0.15, 0.2) is 48.9 Å². The van der Waals surface area contributed by atoms with Gasteiger partial charge in [-0.1, -0.05) is 52.8 Å². The van der Waals surface area contributed by atoms with Crippen molar-refractivity contribution in [3.8, 4) is 11.3 Å². The molecule has 3 heterocycles. The molecule has 42 heavy (non-hydrogen) atoms. The zero-order valence-electron chi connectivity index (χ0n) is 26.4. The molecule has 1 saturated carbocycles. The lowest BCUT2D eigenvalue weighted by Crippen LogP contribution is -2.37. The highest BCUT2D eigenvalue weighted by Crippen LogP contribution is 2.27. The SMILES string of the molecule is CC.CC.CCCNC1CCC(Nc2nc(NCc3ccc(-c4cccc(F)c4)nc3)c3ncn(C(C)C)c3n2)CC1. The number of halogens is 1. The van der Waals surface area contributed by atoms with Gasteiger partial charge in [0.05, 0.1) is 12.0 Å². The Morgan fingerprint density at radius 3 is 2.33 bits per heavy atom. The zero-order valence-corrected chi connectivity index (χ0v) is 26.4. The van der Waals surface area contributed by atoms with Gasteiger partial charge in [-0.3, -0.25) is 4.98 Å². The Morgan fingerprint density at radius 2 is 1.69 bits per heavy atom. The van der Waals surface area contributed by atoms with E-state index >= 15 is 0 Å². The number of nitrogens with zero attached hydrogens (tertiary/aromatic N) is 5. The molecule has 0 bridgehead atoms. The number of imidazole rings is 1. The van der Waals surface area contributed by atoms with E-state index in [1.165, 1.54) is 18.6 Å². The number of hydrogen-bond acceptors (Lipinski definition) is 7. The number of rotatable bonds is 10. The molecule has 0 radical (unpaired) electrons. The van der Waals surface area contributed by atoms with Crippen molar-refractivity contribution in [2.24, 2.45) is 0 Å². The largest absolute Gasteiger partial charge is 0.364 e. The smallest absolute Gasteiger partial charge is 0.227 e. The van der Waals surface area contributed by atoms with Crippen LogP contribution in [0.3, 0.4) is 0 Å². The van der Waals surface area contributed by atoms with Gasteiger partial charge in [-0.15, -0.1) is 0 Å².